The molecule has 2 aromatic carbocycles. The van der Waals surface area contributed by atoms with Crippen molar-refractivity contribution in [2.75, 3.05) is 17.7 Å². The number of hydrogen-bond donors (Lipinski definition) is 2. The van der Waals surface area contributed by atoms with Crippen LogP contribution in [0.1, 0.15) is 5.56 Å². The lowest BCUT2D eigenvalue weighted by molar-refractivity contribution is -0.274. The summed E-state index contributed by atoms with van der Waals surface area (Å²) < 4.78 is 52.4. The number of benzene rings is 2. The van der Waals surface area contributed by atoms with Gasteiger partial charge in [-0.15, -0.1) is 13.2 Å². The van der Waals surface area contributed by atoms with E-state index in [4.69, 9.17) is 9.47 Å². The lowest BCUT2D eigenvalue weighted by Crippen LogP contribution is -2.17. The van der Waals surface area contributed by atoms with E-state index < -0.39 is 6.36 Å². The molecule has 10 heteroatoms. The second-order valence-corrected chi connectivity index (χ2v) is 6.03. The second kappa shape index (κ2) is 7.38. The van der Waals surface area contributed by atoms with Crippen LogP contribution in [0.15, 0.2) is 48.8 Å². The van der Waals surface area contributed by atoms with Gasteiger partial charge in [-0.3, -0.25) is 0 Å². The minimum absolute atomic E-state index is 0.286. The fourth-order valence-corrected chi connectivity index (χ4v) is 2.82. The van der Waals surface area contributed by atoms with Gasteiger partial charge in [0.25, 0.3) is 0 Å². The van der Waals surface area contributed by atoms with Gasteiger partial charge in [-0.2, -0.15) is 4.98 Å². The van der Waals surface area contributed by atoms with E-state index in [1.54, 1.807) is 25.3 Å². The predicted octanol–water partition coefficient (Wildman–Crippen LogP) is 4.85. The number of aromatic nitrogens is 2. The molecule has 0 radical (unpaired) electrons. The average molecular weight is 404 g/mol. The molecule has 0 saturated heterocycles. The number of halogens is 3. The van der Waals surface area contributed by atoms with Gasteiger partial charge in [0.1, 0.15) is 29.3 Å². The van der Waals surface area contributed by atoms with Crippen LogP contribution < -0.4 is 24.8 Å². The monoisotopic (exact) mass is 404 g/mol. The van der Waals surface area contributed by atoms with Crippen LogP contribution in [0.5, 0.6) is 23.1 Å². The van der Waals surface area contributed by atoms with Crippen molar-refractivity contribution >= 4 is 17.2 Å². The first-order chi connectivity index (χ1) is 13.9. The van der Waals surface area contributed by atoms with Crippen molar-refractivity contribution < 1.29 is 27.4 Å². The normalized spacial score (nSPS) is 12.6. The van der Waals surface area contributed by atoms with E-state index in [9.17, 15) is 13.2 Å². The van der Waals surface area contributed by atoms with E-state index in [1.807, 2.05) is 6.07 Å². The molecule has 1 aliphatic rings. The van der Waals surface area contributed by atoms with E-state index >= 15 is 0 Å². The van der Waals surface area contributed by atoms with E-state index in [1.165, 1.54) is 24.5 Å². The lowest BCUT2D eigenvalue weighted by atomic mass is 10.2. The topological polar surface area (TPSA) is 77.5 Å². The average Bonchev–Trinajstić information content (AvgIpc) is 2.86. The third-order valence-electron chi connectivity index (χ3n) is 4.07. The van der Waals surface area contributed by atoms with Crippen LogP contribution in [0.3, 0.4) is 0 Å². The summed E-state index contributed by atoms with van der Waals surface area (Å²) in [7, 11) is 1.57. The van der Waals surface area contributed by atoms with Gasteiger partial charge >= 0.3 is 6.36 Å². The van der Waals surface area contributed by atoms with Gasteiger partial charge in [0.2, 0.25) is 5.88 Å². The molecule has 0 atom stereocenters. The summed E-state index contributed by atoms with van der Waals surface area (Å²) in [6.45, 7) is 0.415. The first-order valence-electron chi connectivity index (χ1n) is 8.48. The molecular weight excluding hydrogens is 389 g/mol. The van der Waals surface area contributed by atoms with Gasteiger partial charge in [-0.05, 0) is 30.3 Å². The number of rotatable bonds is 4. The smallest absolute Gasteiger partial charge is 0.497 e. The summed E-state index contributed by atoms with van der Waals surface area (Å²) in [4.78, 5) is 8.33. The molecule has 2 N–H and O–H groups in total. The van der Waals surface area contributed by atoms with Gasteiger partial charge in [-0.1, -0.05) is 6.07 Å². The summed E-state index contributed by atoms with van der Waals surface area (Å²) >= 11 is 0. The highest BCUT2D eigenvalue weighted by atomic mass is 19.4. The number of fused-ring (bicyclic) bond motifs is 2. The second-order valence-electron chi connectivity index (χ2n) is 6.03. The molecule has 4 rings (SSSR count). The van der Waals surface area contributed by atoms with Crippen LogP contribution in [-0.2, 0) is 6.54 Å². The van der Waals surface area contributed by atoms with Crippen LogP contribution in [0.4, 0.5) is 30.4 Å². The number of ether oxygens (including phenoxy) is 3. The standard InChI is InChI=1S/C19H15F3N4O3/c1-27-13-5-6-15-11(7-13)9-23-16-17(24-10-25-18(16)28-15)26-12-3-2-4-14(8-12)29-19(20,21)22/h2-8,10,23H,9H2,1H3,(H,24,25,26). The van der Waals surface area contributed by atoms with Crippen molar-refractivity contribution in [1.82, 2.24) is 9.97 Å². The Morgan fingerprint density at radius 1 is 1.10 bits per heavy atom. The Balaban J connectivity index is 1.61. The number of nitrogens with one attached hydrogen (secondary N) is 2. The summed E-state index contributed by atoms with van der Waals surface area (Å²) in [5.41, 5.74) is 1.69. The van der Waals surface area contributed by atoms with E-state index in [0.717, 1.165) is 5.56 Å². The number of methoxy groups -OCH3 is 1. The third kappa shape index (κ3) is 4.26. The number of nitrogens with zero attached hydrogens (tertiary/aromatic N) is 2. The Bertz CT molecular complexity index is 1040. The minimum Gasteiger partial charge on any atom is -0.497 e. The molecule has 1 aromatic heterocycles. The Kier molecular flexibility index (Phi) is 4.75. The highest BCUT2D eigenvalue weighted by Gasteiger charge is 2.31. The molecule has 3 aromatic rings. The molecule has 29 heavy (non-hydrogen) atoms. The fraction of sp³-hybridized carbons (Fsp3) is 0.158. The zero-order valence-electron chi connectivity index (χ0n) is 15.1. The molecule has 0 amide bonds. The zero-order chi connectivity index (χ0) is 20.4. The number of anilines is 3. The summed E-state index contributed by atoms with van der Waals surface area (Å²) in [5.74, 6) is 1.59. The quantitative estimate of drug-likeness (QED) is 0.644. The van der Waals surface area contributed by atoms with Crippen molar-refractivity contribution in [2.45, 2.75) is 12.9 Å². The van der Waals surface area contributed by atoms with Crippen LogP contribution in [-0.4, -0.2) is 23.4 Å². The van der Waals surface area contributed by atoms with Crippen LogP contribution in [0.2, 0.25) is 0 Å². The van der Waals surface area contributed by atoms with Gasteiger partial charge in [0.05, 0.1) is 7.11 Å². The van der Waals surface area contributed by atoms with Crippen LogP contribution >= 0.6 is 0 Å². The van der Waals surface area contributed by atoms with Crippen LogP contribution in [0.25, 0.3) is 0 Å². The third-order valence-corrected chi connectivity index (χ3v) is 4.07. The van der Waals surface area contributed by atoms with E-state index in [0.29, 0.717) is 35.2 Å². The molecular formula is C19H15F3N4O3. The van der Waals surface area contributed by atoms with Gasteiger partial charge in [0, 0.05) is 23.9 Å². The molecule has 150 valence electrons. The van der Waals surface area contributed by atoms with Gasteiger partial charge in [-0.25, -0.2) is 4.98 Å². The van der Waals surface area contributed by atoms with Gasteiger partial charge in [0.15, 0.2) is 5.82 Å². The van der Waals surface area contributed by atoms with Crippen molar-refractivity contribution in [2.24, 2.45) is 0 Å². The Labute approximate surface area is 163 Å². The summed E-state index contributed by atoms with van der Waals surface area (Å²) in [6.07, 6.45) is -3.47. The van der Waals surface area contributed by atoms with Crippen molar-refractivity contribution in [1.29, 1.82) is 0 Å². The maximum Gasteiger partial charge on any atom is 0.573 e. The molecule has 0 aliphatic carbocycles. The zero-order valence-corrected chi connectivity index (χ0v) is 15.1. The molecule has 7 nitrogen and oxygen atoms in total. The molecule has 0 bridgehead atoms. The van der Waals surface area contributed by atoms with Crippen molar-refractivity contribution in [3.05, 3.63) is 54.4 Å². The predicted molar refractivity (Wildman–Crippen MR) is 98.8 cm³/mol. The van der Waals surface area contributed by atoms with E-state index in [-0.39, 0.29) is 11.6 Å². The Hall–Kier alpha value is -3.69. The van der Waals surface area contributed by atoms with Crippen molar-refractivity contribution in [3.63, 3.8) is 0 Å². The van der Waals surface area contributed by atoms with E-state index in [2.05, 4.69) is 25.3 Å². The summed E-state index contributed by atoms with van der Waals surface area (Å²) in [5, 5.41) is 6.16. The van der Waals surface area contributed by atoms with Gasteiger partial charge < -0.3 is 24.8 Å². The molecule has 1 aliphatic heterocycles. The molecule has 2 heterocycles. The van der Waals surface area contributed by atoms with Crippen LogP contribution in [0, 0.1) is 0 Å². The SMILES string of the molecule is COc1ccc2c(c1)CNc1c(Nc3cccc(OC(F)(F)F)c3)ncnc1O2. The Morgan fingerprint density at radius 2 is 1.97 bits per heavy atom. The highest BCUT2D eigenvalue weighted by Crippen LogP contribution is 2.39. The first kappa shape index (κ1) is 18.7. The largest absolute Gasteiger partial charge is 0.573 e. The number of alkyl halides is 3. The maximum absolute atomic E-state index is 12.5. The lowest BCUT2D eigenvalue weighted by Gasteiger charge is -2.14. The molecule has 0 spiro atoms. The Morgan fingerprint density at radius 3 is 2.76 bits per heavy atom. The number of hydrogen-bond acceptors (Lipinski definition) is 7. The van der Waals surface area contributed by atoms with Crippen molar-refractivity contribution in [3.8, 4) is 23.1 Å². The maximum atomic E-state index is 12.5. The minimum atomic E-state index is -4.77. The highest BCUT2D eigenvalue weighted by molar-refractivity contribution is 5.76. The first-order valence-corrected chi connectivity index (χ1v) is 8.48. The fourth-order valence-electron chi connectivity index (χ4n) is 2.82. The molecule has 0 saturated carbocycles. The molecule has 0 fully saturated rings. The molecule has 0 unspecified atom stereocenters. The summed E-state index contributed by atoms with van der Waals surface area (Å²) in [6, 6.07) is 10.9.